The molecule has 2 aromatic heterocycles. The fourth-order valence-electron chi connectivity index (χ4n) is 2.24. The van der Waals surface area contributed by atoms with Crippen molar-refractivity contribution >= 4 is 11.8 Å². The fraction of sp³-hybridized carbons (Fsp3) is 0.400. The number of methoxy groups -OCH3 is 1. The molecule has 1 atom stereocenters. The highest BCUT2D eigenvalue weighted by Crippen LogP contribution is 2.27. The van der Waals surface area contributed by atoms with Gasteiger partial charge in [-0.15, -0.1) is 0 Å². The first-order valence-electron chi connectivity index (χ1n) is 6.84. The van der Waals surface area contributed by atoms with Gasteiger partial charge >= 0.3 is 5.97 Å². The normalized spacial score (nSPS) is 12.4. The molecular formula is C15H20N4O2. The Labute approximate surface area is 124 Å². The number of ether oxygens (including phenoxy) is 1. The summed E-state index contributed by atoms with van der Waals surface area (Å²) in [7, 11) is 1.40. The van der Waals surface area contributed by atoms with E-state index in [9.17, 15) is 4.79 Å². The summed E-state index contributed by atoms with van der Waals surface area (Å²) >= 11 is 0. The largest absolute Gasteiger partial charge is 0.467 e. The number of anilines is 1. The lowest BCUT2D eigenvalue weighted by molar-refractivity contribution is -0.145. The van der Waals surface area contributed by atoms with Crippen LogP contribution in [0.2, 0.25) is 0 Å². The van der Waals surface area contributed by atoms with Crippen LogP contribution in [0.5, 0.6) is 0 Å². The third-order valence-corrected chi connectivity index (χ3v) is 3.25. The van der Waals surface area contributed by atoms with Crippen molar-refractivity contribution in [2.45, 2.75) is 26.3 Å². The van der Waals surface area contributed by atoms with Gasteiger partial charge < -0.3 is 15.0 Å². The molecule has 0 fully saturated rings. The number of aromatic nitrogens is 3. The van der Waals surface area contributed by atoms with Gasteiger partial charge in [-0.1, -0.05) is 13.8 Å². The summed E-state index contributed by atoms with van der Waals surface area (Å²) in [5.74, 6) is 0.539. The summed E-state index contributed by atoms with van der Waals surface area (Å²) < 4.78 is 6.76. The van der Waals surface area contributed by atoms with E-state index in [1.54, 1.807) is 24.8 Å². The number of hydrogen-bond donors (Lipinski definition) is 1. The van der Waals surface area contributed by atoms with Crippen LogP contribution in [0, 0.1) is 5.92 Å². The molecule has 0 aliphatic rings. The molecule has 1 unspecified atom stereocenters. The molecule has 2 N–H and O–H groups in total. The van der Waals surface area contributed by atoms with Crippen molar-refractivity contribution in [3.8, 4) is 11.3 Å². The van der Waals surface area contributed by atoms with Gasteiger partial charge in [-0.05, 0) is 24.5 Å². The summed E-state index contributed by atoms with van der Waals surface area (Å²) in [6.45, 7) is 4.13. The number of hydrogen-bond acceptors (Lipinski definition) is 5. The lowest BCUT2D eigenvalue weighted by Gasteiger charge is -2.20. The highest BCUT2D eigenvalue weighted by Gasteiger charge is 2.24. The van der Waals surface area contributed by atoms with E-state index < -0.39 is 6.04 Å². The van der Waals surface area contributed by atoms with Crippen LogP contribution in [-0.2, 0) is 9.53 Å². The minimum absolute atomic E-state index is 0.272. The van der Waals surface area contributed by atoms with Crippen LogP contribution in [0.1, 0.15) is 26.3 Å². The van der Waals surface area contributed by atoms with E-state index in [0.717, 1.165) is 11.3 Å². The number of rotatable bonds is 5. The van der Waals surface area contributed by atoms with Gasteiger partial charge in [0.05, 0.1) is 25.3 Å². The maximum Gasteiger partial charge on any atom is 0.328 e. The average Bonchev–Trinajstić information content (AvgIpc) is 2.93. The maximum atomic E-state index is 12.1. The quantitative estimate of drug-likeness (QED) is 0.853. The van der Waals surface area contributed by atoms with E-state index in [4.69, 9.17) is 10.5 Å². The van der Waals surface area contributed by atoms with E-state index in [0.29, 0.717) is 18.2 Å². The minimum Gasteiger partial charge on any atom is -0.467 e. The maximum absolute atomic E-state index is 12.1. The highest BCUT2D eigenvalue weighted by atomic mass is 16.5. The SMILES string of the molecule is COC(=O)C(CC(C)C)n1cncc1-c1ccc(N)nc1. The van der Waals surface area contributed by atoms with E-state index in [1.165, 1.54) is 7.11 Å². The first-order chi connectivity index (χ1) is 10.0. The fourth-order valence-corrected chi connectivity index (χ4v) is 2.24. The topological polar surface area (TPSA) is 83.0 Å². The molecular weight excluding hydrogens is 268 g/mol. The standard InChI is InChI=1S/C15H20N4O2/c1-10(2)6-12(15(20)21-3)19-9-17-8-13(19)11-4-5-14(16)18-7-11/h4-5,7-10,12H,6H2,1-3H3,(H2,16,18). The van der Waals surface area contributed by atoms with Crippen molar-refractivity contribution in [1.29, 1.82) is 0 Å². The average molecular weight is 288 g/mol. The van der Waals surface area contributed by atoms with Crippen molar-refractivity contribution in [1.82, 2.24) is 14.5 Å². The van der Waals surface area contributed by atoms with Crippen LogP contribution in [0.15, 0.2) is 30.9 Å². The van der Waals surface area contributed by atoms with Gasteiger partial charge in [-0.25, -0.2) is 14.8 Å². The van der Waals surface area contributed by atoms with Crippen LogP contribution in [0.4, 0.5) is 5.82 Å². The van der Waals surface area contributed by atoms with Gasteiger partial charge in [0.15, 0.2) is 0 Å². The summed E-state index contributed by atoms with van der Waals surface area (Å²) in [5, 5.41) is 0. The van der Waals surface area contributed by atoms with E-state index >= 15 is 0 Å². The van der Waals surface area contributed by atoms with E-state index in [-0.39, 0.29) is 5.97 Å². The zero-order valence-electron chi connectivity index (χ0n) is 12.5. The number of carbonyl (C=O) groups is 1. The van der Waals surface area contributed by atoms with Crippen molar-refractivity contribution in [3.05, 3.63) is 30.9 Å². The summed E-state index contributed by atoms with van der Waals surface area (Å²) in [6, 6.07) is 3.19. The van der Waals surface area contributed by atoms with E-state index in [2.05, 4.69) is 23.8 Å². The molecule has 2 aromatic rings. The minimum atomic E-state index is -0.398. The smallest absolute Gasteiger partial charge is 0.328 e. The van der Waals surface area contributed by atoms with Crippen molar-refractivity contribution in [2.75, 3.05) is 12.8 Å². The molecule has 0 amide bonds. The zero-order chi connectivity index (χ0) is 15.4. The third kappa shape index (κ3) is 3.39. The number of carbonyl (C=O) groups excluding carboxylic acids is 1. The first kappa shape index (κ1) is 15.0. The van der Waals surface area contributed by atoms with E-state index in [1.807, 2.05) is 10.6 Å². The molecule has 0 aromatic carbocycles. The van der Waals surface area contributed by atoms with Gasteiger partial charge in [0, 0.05) is 11.8 Å². The second-order valence-electron chi connectivity index (χ2n) is 5.33. The van der Waals surface area contributed by atoms with Gasteiger partial charge in [0.25, 0.3) is 0 Å². The van der Waals surface area contributed by atoms with Gasteiger partial charge in [0.1, 0.15) is 11.9 Å². The second kappa shape index (κ2) is 6.39. The lowest BCUT2D eigenvalue weighted by Crippen LogP contribution is -2.22. The Balaban J connectivity index is 2.40. The molecule has 0 bridgehead atoms. The molecule has 21 heavy (non-hydrogen) atoms. The molecule has 0 radical (unpaired) electrons. The molecule has 2 rings (SSSR count). The van der Waals surface area contributed by atoms with Crippen molar-refractivity contribution in [2.24, 2.45) is 5.92 Å². The summed E-state index contributed by atoms with van der Waals surface area (Å²) in [4.78, 5) is 20.3. The van der Waals surface area contributed by atoms with Crippen LogP contribution >= 0.6 is 0 Å². The van der Waals surface area contributed by atoms with Crippen molar-refractivity contribution in [3.63, 3.8) is 0 Å². The Morgan fingerprint density at radius 3 is 2.71 bits per heavy atom. The molecule has 0 spiro atoms. The van der Waals surface area contributed by atoms with Gasteiger partial charge in [0.2, 0.25) is 0 Å². The number of pyridine rings is 1. The first-order valence-corrected chi connectivity index (χ1v) is 6.84. The number of nitrogens with zero attached hydrogens (tertiary/aromatic N) is 3. The molecule has 0 aliphatic carbocycles. The third-order valence-electron chi connectivity index (χ3n) is 3.25. The predicted molar refractivity (Wildman–Crippen MR) is 80.4 cm³/mol. The highest BCUT2D eigenvalue weighted by molar-refractivity contribution is 5.75. The van der Waals surface area contributed by atoms with Crippen LogP contribution in [0.3, 0.4) is 0 Å². The number of nitrogens with two attached hydrogens (primary N) is 1. The lowest BCUT2D eigenvalue weighted by atomic mass is 10.0. The summed E-state index contributed by atoms with van der Waals surface area (Å²) in [6.07, 6.45) is 5.71. The molecule has 0 saturated heterocycles. The Morgan fingerprint density at radius 1 is 1.38 bits per heavy atom. The Morgan fingerprint density at radius 2 is 2.14 bits per heavy atom. The monoisotopic (exact) mass is 288 g/mol. The Kier molecular flexibility index (Phi) is 4.57. The van der Waals surface area contributed by atoms with Crippen LogP contribution < -0.4 is 5.73 Å². The number of imidazole rings is 1. The molecule has 2 heterocycles. The molecule has 0 saturated carbocycles. The molecule has 6 nitrogen and oxygen atoms in total. The van der Waals surface area contributed by atoms with Crippen molar-refractivity contribution < 1.29 is 9.53 Å². The van der Waals surface area contributed by atoms with Crippen LogP contribution in [0.25, 0.3) is 11.3 Å². The predicted octanol–water partition coefficient (Wildman–Crippen LogP) is 2.29. The van der Waals surface area contributed by atoms with Crippen LogP contribution in [-0.4, -0.2) is 27.6 Å². The van der Waals surface area contributed by atoms with Gasteiger partial charge in [-0.3, -0.25) is 0 Å². The number of nitrogen functional groups attached to an aromatic ring is 1. The summed E-state index contributed by atoms with van der Waals surface area (Å²) in [5.41, 5.74) is 7.28. The second-order valence-corrected chi connectivity index (χ2v) is 5.33. The molecule has 6 heteroatoms. The Bertz CT molecular complexity index is 604. The number of esters is 1. The Hall–Kier alpha value is -2.37. The van der Waals surface area contributed by atoms with Gasteiger partial charge in [-0.2, -0.15) is 0 Å². The molecule has 112 valence electrons. The molecule has 0 aliphatic heterocycles. The zero-order valence-corrected chi connectivity index (χ0v) is 12.5.